The molecule has 0 radical (unpaired) electrons. The Morgan fingerprint density at radius 3 is 2.59 bits per heavy atom. The maximum Gasteiger partial charge on any atom is 0.329 e. The van der Waals surface area contributed by atoms with Crippen LogP contribution in [0, 0.1) is 0 Å². The van der Waals surface area contributed by atoms with Crippen molar-refractivity contribution in [3.05, 3.63) is 48.8 Å². The first-order chi connectivity index (χ1) is 8.20. The lowest BCUT2D eigenvalue weighted by atomic mass is 10.1. The van der Waals surface area contributed by atoms with Crippen LogP contribution < -0.4 is 0 Å². The van der Waals surface area contributed by atoms with E-state index in [-0.39, 0.29) is 12.1 Å². The maximum absolute atomic E-state index is 12.1. The molecule has 1 unspecified atom stereocenters. The summed E-state index contributed by atoms with van der Waals surface area (Å²) in [6.45, 7) is 1.98. The number of hydrogen-bond donors (Lipinski definition) is 0. The van der Waals surface area contributed by atoms with Crippen LogP contribution in [0.4, 0.5) is 4.79 Å². The van der Waals surface area contributed by atoms with Gasteiger partial charge in [0.2, 0.25) is 0 Å². The van der Waals surface area contributed by atoms with Crippen molar-refractivity contribution in [2.24, 2.45) is 0 Å². The monoisotopic (exact) mass is 230 g/mol. The van der Waals surface area contributed by atoms with Gasteiger partial charge in [-0.05, 0) is 24.6 Å². The van der Waals surface area contributed by atoms with E-state index in [0.29, 0.717) is 0 Å². The van der Waals surface area contributed by atoms with Crippen LogP contribution in [0.3, 0.4) is 0 Å². The summed E-state index contributed by atoms with van der Waals surface area (Å²) in [7, 11) is 1.77. The largest absolute Gasteiger partial charge is 0.329 e. The fraction of sp³-hybridized carbons (Fsp3) is 0.250. The number of rotatable bonds is 2. The lowest BCUT2D eigenvalue weighted by Crippen LogP contribution is -2.32. The Bertz CT molecular complexity index is 480. The van der Waals surface area contributed by atoms with E-state index in [1.807, 2.05) is 19.1 Å². The average Bonchev–Trinajstić information content (AvgIpc) is 2.91. The van der Waals surface area contributed by atoms with E-state index >= 15 is 0 Å². The molecule has 17 heavy (non-hydrogen) atoms. The predicted octanol–water partition coefficient (Wildman–Crippen LogP) is 1.94. The van der Waals surface area contributed by atoms with Crippen molar-refractivity contribution in [2.45, 2.75) is 13.0 Å². The molecule has 2 heterocycles. The van der Waals surface area contributed by atoms with Crippen LogP contribution in [0.2, 0.25) is 0 Å². The third-order valence-corrected chi connectivity index (χ3v) is 2.80. The van der Waals surface area contributed by atoms with E-state index in [1.165, 1.54) is 10.9 Å². The average molecular weight is 230 g/mol. The van der Waals surface area contributed by atoms with E-state index in [0.717, 1.165) is 5.56 Å². The normalized spacial score (nSPS) is 12.1. The Labute approximate surface area is 99.7 Å². The van der Waals surface area contributed by atoms with Gasteiger partial charge in [0.05, 0.1) is 6.04 Å². The van der Waals surface area contributed by atoms with E-state index in [2.05, 4.69) is 9.97 Å². The first kappa shape index (κ1) is 11.3. The summed E-state index contributed by atoms with van der Waals surface area (Å²) in [4.78, 5) is 21.5. The van der Waals surface area contributed by atoms with Gasteiger partial charge in [0.15, 0.2) is 0 Å². The Hall–Kier alpha value is -2.17. The van der Waals surface area contributed by atoms with Crippen LogP contribution >= 0.6 is 0 Å². The van der Waals surface area contributed by atoms with Crippen molar-refractivity contribution in [1.29, 1.82) is 0 Å². The van der Waals surface area contributed by atoms with Gasteiger partial charge in [-0.1, -0.05) is 0 Å². The van der Waals surface area contributed by atoms with Gasteiger partial charge < -0.3 is 4.90 Å². The fourth-order valence-corrected chi connectivity index (χ4v) is 1.59. The molecule has 88 valence electrons. The highest BCUT2D eigenvalue weighted by Gasteiger charge is 2.18. The quantitative estimate of drug-likeness (QED) is 0.792. The first-order valence-electron chi connectivity index (χ1n) is 5.35. The molecule has 0 N–H and O–H groups in total. The molecule has 0 aliphatic heterocycles. The minimum Gasteiger partial charge on any atom is -0.320 e. The first-order valence-corrected chi connectivity index (χ1v) is 5.35. The number of pyridine rings is 1. The smallest absolute Gasteiger partial charge is 0.320 e. The van der Waals surface area contributed by atoms with Gasteiger partial charge in [-0.15, -0.1) is 0 Å². The molecule has 2 aromatic heterocycles. The molecular weight excluding hydrogens is 216 g/mol. The van der Waals surface area contributed by atoms with Gasteiger partial charge in [0.1, 0.15) is 6.33 Å². The molecule has 0 aromatic carbocycles. The summed E-state index contributed by atoms with van der Waals surface area (Å²) in [5.74, 6) is 0. The maximum atomic E-state index is 12.1. The molecule has 1 atom stereocenters. The molecule has 0 spiro atoms. The van der Waals surface area contributed by atoms with Crippen LogP contribution in [0.15, 0.2) is 43.2 Å². The lowest BCUT2D eigenvalue weighted by Gasteiger charge is -2.25. The summed E-state index contributed by atoms with van der Waals surface area (Å²) in [6, 6.07) is 3.70. The number of imidazole rings is 1. The van der Waals surface area contributed by atoms with E-state index < -0.39 is 0 Å². The van der Waals surface area contributed by atoms with Gasteiger partial charge in [0, 0.05) is 31.8 Å². The van der Waals surface area contributed by atoms with Gasteiger partial charge in [0.25, 0.3) is 0 Å². The predicted molar refractivity (Wildman–Crippen MR) is 63.4 cm³/mol. The Kier molecular flexibility index (Phi) is 3.18. The second-order valence-electron chi connectivity index (χ2n) is 3.82. The molecule has 0 aliphatic carbocycles. The highest BCUT2D eigenvalue weighted by atomic mass is 16.2. The molecule has 0 fully saturated rings. The van der Waals surface area contributed by atoms with E-state index in [4.69, 9.17) is 0 Å². The number of carbonyl (C=O) groups excluding carboxylic acids is 1. The number of carbonyl (C=O) groups is 1. The zero-order valence-corrected chi connectivity index (χ0v) is 9.82. The summed E-state index contributed by atoms with van der Waals surface area (Å²) in [5.41, 5.74) is 1.05. The molecule has 1 amide bonds. The molecule has 5 nitrogen and oxygen atoms in total. The molecule has 2 rings (SSSR count). The van der Waals surface area contributed by atoms with Crippen molar-refractivity contribution in [3.8, 4) is 0 Å². The minimum atomic E-state index is -0.105. The summed E-state index contributed by atoms with van der Waals surface area (Å²) in [6.07, 6.45) is 8.17. The number of nitrogens with zero attached hydrogens (tertiary/aromatic N) is 4. The second-order valence-corrected chi connectivity index (χ2v) is 3.82. The molecule has 0 saturated heterocycles. The van der Waals surface area contributed by atoms with E-state index in [9.17, 15) is 4.79 Å². The third-order valence-electron chi connectivity index (χ3n) is 2.80. The topological polar surface area (TPSA) is 51.0 Å². The zero-order chi connectivity index (χ0) is 12.3. The summed E-state index contributed by atoms with van der Waals surface area (Å²) in [5, 5.41) is 0. The van der Waals surface area contributed by atoms with Crippen LogP contribution in [-0.2, 0) is 0 Å². The minimum absolute atomic E-state index is 0.00657. The van der Waals surface area contributed by atoms with Gasteiger partial charge >= 0.3 is 6.03 Å². The Balaban J connectivity index is 2.15. The highest BCUT2D eigenvalue weighted by Crippen LogP contribution is 2.18. The summed E-state index contributed by atoms with van der Waals surface area (Å²) < 4.78 is 1.46. The van der Waals surface area contributed by atoms with Gasteiger partial charge in [-0.2, -0.15) is 0 Å². The summed E-state index contributed by atoms with van der Waals surface area (Å²) >= 11 is 0. The molecule has 0 bridgehead atoms. The zero-order valence-electron chi connectivity index (χ0n) is 9.82. The number of amides is 1. The van der Waals surface area contributed by atoms with E-state index in [1.54, 1.807) is 36.7 Å². The van der Waals surface area contributed by atoms with Crippen LogP contribution in [0.5, 0.6) is 0 Å². The number of aromatic nitrogens is 3. The lowest BCUT2D eigenvalue weighted by molar-refractivity contribution is 0.196. The SMILES string of the molecule is CC(c1ccncc1)N(C)C(=O)n1ccnc1. The number of hydrogen-bond acceptors (Lipinski definition) is 3. The van der Waals surface area contributed by atoms with Crippen LogP contribution in [0.1, 0.15) is 18.5 Å². The van der Waals surface area contributed by atoms with Gasteiger partial charge in [-0.25, -0.2) is 9.78 Å². The van der Waals surface area contributed by atoms with Crippen LogP contribution in [0.25, 0.3) is 0 Å². The molecule has 2 aromatic rings. The van der Waals surface area contributed by atoms with Crippen molar-refractivity contribution in [3.63, 3.8) is 0 Å². The van der Waals surface area contributed by atoms with Crippen molar-refractivity contribution in [2.75, 3.05) is 7.05 Å². The molecule has 0 saturated carbocycles. The highest BCUT2D eigenvalue weighted by molar-refractivity contribution is 5.76. The molecular formula is C12H14N4O. The van der Waals surface area contributed by atoms with Crippen molar-refractivity contribution >= 4 is 6.03 Å². The second kappa shape index (κ2) is 4.78. The van der Waals surface area contributed by atoms with Crippen molar-refractivity contribution < 1.29 is 4.79 Å². The standard InChI is InChI=1S/C12H14N4O/c1-10(11-3-5-13-6-4-11)15(2)12(17)16-8-7-14-9-16/h3-10H,1-2H3. The molecule has 0 aliphatic rings. The Morgan fingerprint density at radius 1 is 1.29 bits per heavy atom. The fourth-order valence-electron chi connectivity index (χ4n) is 1.59. The van der Waals surface area contributed by atoms with Crippen LogP contribution in [-0.4, -0.2) is 32.5 Å². The Morgan fingerprint density at radius 2 is 2.00 bits per heavy atom. The third kappa shape index (κ3) is 2.33. The van der Waals surface area contributed by atoms with Crippen molar-refractivity contribution in [1.82, 2.24) is 19.4 Å². The van der Waals surface area contributed by atoms with Gasteiger partial charge in [-0.3, -0.25) is 9.55 Å². The molecule has 5 heteroatoms.